The third kappa shape index (κ3) is 3.92. The lowest BCUT2D eigenvalue weighted by atomic mass is 10.1. The fourth-order valence-corrected chi connectivity index (χ4v) is 3.31. The van der Waals surface area contributed by atoms with Crippen LogP contribution in [0.25, 0.3) is 16.9 Å². The van der Waals surface area contributed by atoms with Crippen molar-refractivity contribution in [3.63, 3.8) is 0 Å². The molecule has 0 aliphatic rings. The van der Waals surface area contributed by atoms with Crippen LogP contribution in [0.5, 0.6) is 0 Å². The Morgan fingerprint density at radius 3 is 2.47 bits per heavy atom. The Kier molecular flexibility index (Phi) is 5.54. The second-order valence-electron chi connectivity index (χ2n) is 6.63. The summed E-state index contributed by atoms with van der Waals surface area (Å²) in [4.78, 5) is 17.1. The van der Waals surface area contributed by atoms with Crippen LogP contribution in [-0.2, 0) is 0 Å². The average Bonchev–Trinajstić information content (AvgIpc) is 3.20. The second kappa shape index (κ2) is 8.42. The molecule has 1 atom stereocenters. The molecule has 30 heavy (non-hydrogen) atoms. The molecule has 1 unspecified atom stereocenters. The summed E-state index contributed by atoms with van der Waals surface area (Å²) in [5.41, 5.74) is 2.73. The van der Waals surface area contributed by atoms with Crippen molar-refractivity contribution in [1.82, 2.24) is 25.3 Å². The van der Waals surface area contributed by atoms with Gasteiger partial charge in [-0.25, -0.2) is 9.07 Å². The predicted octanol–water partition coefficient (Wildman–Crippen LogP) is 4.61. The number of halogens is 2. The zero-order valence-corrected chi connectivity index (χ0v) is 16.7. The highest BCUT2D eigenvalue weighted by Gasteiger charge is 2.24. The summed E-state index contributed by atoms with van der Waals surface area (Å²) >= 11 is 6.35. The number of benzene rings is 2. The van der Waals surface area contributed by atoms with Gasteiger partial charge in [-0.1, -0.05) is 41.1 Å². The van der Waals surface area contributed by atoms with Gasteiger partial charge in [-0.3, -0.25) is 9.78 Å². The molecule has 1 amide bonds. The van der Waals surface area contributed by atoms with Gasteiger partial charge in [0.2, 0.25) is 0 Å². The van der Waals surface area contributed by atoms with Crippen molar-refractivity contribution in [2.45, 2.75) is 13.0 Å². The molecule has 0 saturated carbocycles. The molecule has 1 N–H and O–H groups in total. The number of rotatable bonds is 5. The van der Waals surface area contributed by atoms with Crippen molar-refractivity contribution in [2.24, 2.45) is 0 Å². The zero-order valence-electron chi connectivity index (χ0n) is 16.0. The molecule has 0 spiro atoms. The number of nitrogens with zero attached hydrogens (tertiary/aromatic N) is 4. The van der Waals surface area contributed by atoms with Gasteiger partial charge in [-0.05, 0) is 48.9 Å². The molecule has 4 rings (SSSR count). The van der Waals surface area contributed by atoms with Gasteiger partial charge in [0.05, 0.1) is 16.8 Å². The molecular formula is C22H17ClFN5O. The molecule has 2 aromatic heterocycles. The Morgan fingerprint density at radius 2 is 1.77 bits per heavy atom. The summed E-state index contributed by atoms with van der Waals surface area (Å²) in [5, 5.41) is 11.7. The van der Waals surface area contributed by atoms with Crippen molar-refractivity contribution in [3.05, 3.63) is 95.2 Å². The first kappa shape index (κ1) is 19.7. The van der Waals surface area contributed by atoms with Crippen LogP contribution in [0.3, 0.4) is 0 Å². The average molecular weight is 422 g/mol. The van der Waals surface area contributed by atoms with E-state index in [1.54, 1.807) is 48.8 Å². The third-order valence-electron chi connectivity index (χ3n) is 4.64. The molecule has 0 bridgehead atoms. The van der Waals surface area contributed by atoms with Crippen LogP contribution in [0.2, 0.25) is 5.02 Å². The Hall–Kier alpha value is -3.58. The van der Waals surface area contributed by atoms with Crippen LogP contribution in [-0.4, -0.2) is 25.9 Å². The molecule has 0 aliphatic heterocycles. The van der Waals surface area contributed by atoms with E-state index in [9.17, 15) is 9.18 Å². The van der Waals surface area contributed by atoms with E-state index in [4.69, 9.17) is 11.6 Å². The number of aromatic nitrogens is 4. The molecule has 2 aromatic carbocycles. The fourth-order valence-electron chi connectivity index (χ4n) is 3.10. The van der Waals surface area contributed by atoms with Crippen molar-refractivity contribution in [3.8, 4) is 16.9 Å². The molecule has 0 saturated heterocycles. The number of pyridine rings is 1. The maximum atomic E-state index is 13.2. The Labute approximate surface area is 177 Å². The molecule has 2 heterocycles. The van der Waals surface area contributed by atoms with Gasteiger partial charge in [0.25, 0.3) is 5.91 Å². The molecule has 0 radical (unpaired) electrons. The van der Waals surface area contributed by atoms with Crippen LogP contribution in [0.4, 0.5) is 4.39 Å². The van der Waals surface area contributed by atoms with Gasteiger partial charge in [-0.2, -0.15) is 0 Å². The summed E-state index contributed by atoms with van der Waals surface area (Å²) in [6.45, 7) is 1.82. The molecular weight excluding hydrogens is 405 g/mol. The first-order valence-corrected chi connectivity index (χ1v) is 9.59. The van der Waals surface area contributed by atoms with Crippen molar-refractivity contribution >= 4 is 17.5 Å². The summed E-state index contributed by atoms with van der Waals surface area (Å²) in [5.74, 6) is -0.739. The molecule has 0 aliphatic carbocycles. The number of para-hydroxylation sites is 1. The van der Waals surface area contributed by atoms with E-state index in [1.807, 2.05) is 19.1 Å². The maximum absolute atomic E-state index is 13.2. The first-order valence-electron chi connectivity index (χ1n) is 9.22. The van der Waals surface area contributed by atoms with Gasteiger partial charge in [-0.15, -0.1) is 5.10 Å². The van der Waals surface area contributed by atoms with Crippen molar-refractivity contribution < 1.29 is 9.18 Å². The number of hydrogen-bond acceptors (Lipinski definition) is 4. The van der Waals surface area contributed by atoms with Gasteiger partial charge >= 0.3 is 0 Å². The van der Waals surface area contributed by atoms with Crippen molar-refractivity contribution in [2.75, 3.05) is 0 Å². The second-order valence-corrected chi connectivity index (χ2v) is 7.04. The minimum absolute atomic E-state index is 0.148. The van der Waals surface area contributed by atoms with Crippen LogP contribution in [0, 0.1) is 5.82 Å². The van der Waals surface area contributed by atoms with E-state index >= 15 is 0 Å². The van der Waals surface area contributed by atoms with E-state index in [1.165, 1.54) is 16.8 Å². The van der Waals surface area contributed by atoms with Gasteiger partial charge in [0, 0.05) is 18.0 Å². The monoisotopic (exact) mass is 421 g/mol. The van der Waals surface area contributed by atoms with Gasteiger partial charge in [0.15, 0.2) is 5.69 Å². The van der Waals surface area contributed by atoms with E-state index in [0.29, 0.717) is 16.4 Å². The normalized spacial score (nSPS) is 11.8. The largest absolute Gasteiger partial charge is 0.344 e. The first-order chi connectivity index (χ1) is 14.5. The quantitative estimate of drug-likeness (QED) is 0.510. The molecule has 150 valence electrons. The highest BCUT2D eigenvalue weighted by atomic mass is 35.5. The number of carbonyl (C=O) groups excluding carboxylic acids is 1. The predicted molar refractivity (Wildman–Crippen MR) is 112 cm³/mol. The molecule has 0 fully saturated rings. The smallest absolute Gasteiger partial charge is 0.274 e. The molecule has 6 nitrogen and oxygen atoms in total. The molecule has 4 aromatic rings. The summed E-state index contributed by atoms with van der Waals surface area (Å²) < 4.78 is 14.7. The number of amides is 1. The summed E-state index contributed by atoms with van der Waals surface area (Å²) in [6.07, 6.45) is 3.25. The number of carbonyl (C=O) groups is 1. The summed E-state index contributed by atoms with van der Waals surface area (Å²) in [7, 11) is 0. The highest BCUT2D eigenvalue weighted by Crippen LogP contribution is 2.28. The van der Waals surface area contributed by atoms with Crippen molar-refractivity contribution in [1.29, 1.82) is 0 Å². The third-order valence-corrected chi connectivity index (χ3v) is 4.96. The van der Waals surface area contributed by atoms with Gasteiger partial charge in [0.1, 0.15) is 11.5 Å². The number of nitrogens with one attached hydrogen (secondary N) is 1. The number of hydrogen-bond donors (Lipinski definition) is 1. The Balaban J connectivity index is 1.74. The van der Waals surface area contributed by atoms with Crippen LogP contribution in [0.15, 0.2) is 73.1 Å². The lowest BCUT2D eigenvalue weighted by Crippen LogP contribution is -2.27. The molecule has 8 heteroatoms. The fraction of sp³-hybridized carbons (Fsp3) is 0.0909. The maximum Gasteiger partial charge on any atom is 0.274 e. The Bertz CT molecular complexity index is 1180. The summed E-state index contributed by atoms with van der Waals surface area (Å²) in [6, 6.07) is 16.3. The van der Waals surface area contributed by atoms with E-state index in [-0.39, 0.29) is 17.6 Å². The van der Waals surface area contributed by atoms with Crippen LogP contribution in [0.1, 0.15) is 29.0 Å². The minimum Gasteiger partial charge on any atom is -0.344 e. The SMILES string of the molecule is CC(NC(=O)c1nnn(-c2ccccc2Cl)c1-c1ccncc1)c1ccc(F)cc1. The Morgan fingerprint density at radius 1 is 1.07 bits per heavy atom. The van der Waals surface area contributed by atoms with E-state index < -0.39 is 5.91 Å². The standard InChI is InChI=1S/C22H17ClFN5O/c1-14(15-6-8-17(24)9-7-15)26-22(30)20-21(16-10-12-25-13-11-16)29(28-27-20)19-5-3-2-4-18(19)23/h2-14H,1H3,(H,26,30). The van der Waals surface area contributed by atoms with Crippen LogP contribution < -0.4 is 5.32 Å². The van der Waals surface area contributed by atoms with Crippen LogP contribution >= 0.6 is 11.6 Å². The highest BCUT2D eigenvalue weighted by molar-refractivity contribution is 6.32. The van der Waals surface area contributed by atoms with E-state index in [2.05, 4.69) is 20.6 Å². The van der Waals surface area contributed by atoms with E-state index in [0.717, 1.165) is 11.1 Å². The zero-order chi connectivity index (χ0) is 21.1. The lowest BCUT2D eigenvalue weighted by Gasteiger charge is -2.14. The minimum atomic E-state index is -0.406. The topological polar surface area (TPSA) is 72.7 Å². The lowest BCUT2D eigenvalue weighted by molar-refractivity contribution is 0.0935. The van der Waals surface area contributed by atoms with Gasteiger partial charge < -0.3 is 5.32 Å².